The Labute approximate surface area is 209 Å². The van der Waals surface area contributed by atoms with Gasteiger partial charge in [-0.3, -0.25) is 0 Å². The fraction of sp³-hybridized carbons (Fsp3) is 0.250. The van der Waals surface area contributed by atoms with Crippen molar-refractivity contribution in [2.45, 2.75) is 26.4 Å². The van der Waals surface area contributed by atoms with Gasteiger partial charge in [-0.05, 0) is 49.2 Å². The van der Waals surface area contributed by atoms with Crippen LogP contribution in [0.1, 0.15) is 30.9 Å². The molecule has 2 aromatic carbocycles. The molecule has 172 valence electrons. The highest BCUT2D eigenvalue weighted by Crippen LogP contribution is 2.45. The summed E-state index contributed by atoms with van der Waals surface area (Å²) < 4.78 is 23.8. The number of rotatable bonds is 7. The Morgan fingerprint density at radius 1 is 1.21 bits per heavy atom. The second kappa shape index (κ2) is 10.8. The lowest BCUT2D eigenvalue weighted by Crippen LogP contribution is -2.25. The van der Waals surface area contributed by atoms with Crippen LogP contribution in [0.3, 0.4) is 0 Å². The lowest BCUT2D eigenvalue weighted by molar-refractivity contribution is -0.139. The average Bonchev–Trinajstić information content (AvgIpc) is 2.78. The van der Waals surface area contributed by atoms with Crippen LogP contribution in [0.5, 0.6) is 11.5 Å². The zero-order chi connectivity index (χ0) is 24.1. The fourth-order valence-corrected chi connectivity index (χ4v) is 4.27. The maximum atomic E-state index is 12.8. The SMILES string of the molecule is CCOC(=O)C1=C(C)OC(N)=C(C#N)C1c1cc(OC)c(OCc2ccc(Br)cc2)cc1Br. The predicted molar refractivity (Wildman–Crippen MR) is 129 cm³/mol. The standard InChI is InChI=1S/C24H22Br2N2O5/c1-4-31-24(29)21-13(2)33-23(28)17(11-27)22(21)16-9-19(30-3)20(10-18(16)26)32-12-14-5-7-15(25)8-6-14/h5-10,22H,4,12,28H2,1-3H3. The third-order valence-corrected chi connectivity index (χ3v) is 6.22. The summed E-state index contributed by atoms with van der Waals surface area (Å²) in [6.07, 6.45) is 0. The number of esters is 1. The van der Waals surface area contributed by atoms with Crippen molar-refractivity contribution in [3.8, 4) is 17.6 Å². The molecule has 1 heterocycles. The Bertz CT molecular complexity index is 1170. The molecule has 0 saturated heterocycles. The fourth-order valence-electron chi connectivity index (χ4n) is 3.45. The van der Waals surface area contributed by atoms with E-state index < -0.39 is 11.9 Å². The van der Waals surface area contributed by atoms with E-state index in [1.54, 1.807) is 26.0 Å². The highest BCUT2D eigenvalue weighted by Gasteiger charge is 2.37. The quantitative estimate of drug-likeness (QED) is 0.437. The predicted octanol–water partition coefficient (Wildman–Crippen LogP) is 5.44. The minimum atomic E-state index is -0.799. The molecule has 3 rings (SSSR count). The molecule has 1 atom stereocenters. The minimum absolute atomic E-state index is 0.0607. The topological polar surface area (TPSA) is 104 Å². The summed E-state index contributed by atoms with van der Waals surface area (Å²) in [4.78, 5) is 12.8. The van der Waals surface area contributed by atoms with Crippen molar-refractivity contribution in [1.29, 1.82) is 5.26 Å². The first-order chi connectivity index (χ1) is 15.8. The monoisotopic (exact) mass is 576 g/mol. The number of nitrogens with two attached hydrogens (primary N) is 1. The Hall–Kier alpha value is -2.96. The second-order valence-electron chi connectivity index (χ2n) is 7.05. The molecule has 1 aliphatic rings. The summed E-state index contributed by atoms with van der Waals surface area (Å²) in [6.45, 7) is 3.83. The number of carbonyl (C=O) groups excluding carboxylic acids is 1. The van der Waals surface area contributed by atoms with E-state index in [1.165, 1.54) is 7.11 Å². The van der Waals surface area contributed by atoms with Crippen LogP contribution in [-0.4, -0.2) is 19.7 Å². The number of benzene rings is 2. The molecule has 9 heteroatoms. The first-order valence-electron chi connectivity index (χ1n) is 10.0. The number of nitriles is 1. The van der Waals surface area contributed by atoms with Gasteiger partial charge in [-0.2, -0.15) is 5.26 Å². The van der Waals surface area contributed by atoms with Gasteiger partial charge in [0.05, 0.1) is 25.2 Å². The van der Waals surface area contributed by atoms with Crippen molar-refractivity contribution >= 4 is 37.8 Å². The molecule has 1 aliphatic heterocycles. The van der Waals surface area contributed by atoms with Gasteiger partial charge in [0, 0.05) is 8.95 Å². The molecule has 2 aromatic rings. The highest BCUT2D eigenvalue weighted by atomic mass is 79.9. The van der Waals surface area contributed by atoms with Crippen LogP contribution >= 0.6 is 31.9 Å². The highest BCUT2D eigenvalue weighted by molar-refractivity contribution is 9.10. The molecule has 0 aromatic heterocycles. The smallest absolute Gasteiger partial charge is 0.338 e. The van der Waals surface area contributed by atoms with Gasteiger partial charge in [0.1, 0.15) is 24.0 Å². The van der Waals surface area contributed by atoms with E-state index in [0.717, 1.165) is 10.0 Å². The van der Waals surface area contributed by atoms with Crippen LogP contribution in [0.2, 0.25) is 0 Å². The number of allylic oxidation sites excluding steroid dienone is 2. The van der Waals surface area contributed by atoms with Crippen LogP contribution in [0.15, 0.2) is 68.1 Å². The Morgan fingerprint density at radius 3 is 2.52 bits per heavy atom. The molecule has 33 heavy (non-hydrogen) atoms. The van der Waals surface area contributed by atoms with Gasteiger partial charge in [0.2, 0.25) is 5.88 Å². The summed E-state index contributed by atoms with van der Waals surface area (Å²) in [6, 6.07) is 13.3. The van der Waals surface area contributed by atoms with E-state index in [0.29, 0.717) is 28.1 Å². The van der Waals surface area contributed by atoms with Crippen LogP contribution in [-0.2, 0) is 20.9 Å². The van der Waals surface area contributed by atoms with Gasteiger partial charge in [-0.1, -0.05) is 44.0 Å². The largest absolute Gasteiger partial charge is 0.493 e. The zero-order valence-electron chi connectivity index (χ0n) is 18.3. The number of hydrogen-bond donors (Lipinski definition) is 1. The lowest BCUT2D eigenvalue weighted by atomic mass is 9.83. The van der Waals surface area contributed by atoms with Gasteiger partial charge in [-0.15, -0.1) is 0 Å². The number of halogens is 2. The molecule has 0 bridgehead atoms. The molecule has 0 spiro atoms. The number of nitrogens with zero attached hydrogens (tertiary/aromatic N) is 1. The maximum Gasteiger partial charge on any atom is 0.338 e. The molecule has 1 unspecified atom stereocenters. The van der Waals surface area contributed by atoms with Crippen LogP contribution in [0.4, 0.5) is 0 Å². The summed E-state index contributed by atoms with van der Waals surface area (Å²) in [5.74, 6) is -0.232. The molecule has 0 aliphatic carbocycles. The molecule has 0 saturated carbocycles. The Kier molecular flexibility index (Phi) is 8.06. The normalized spacial score (nSPS) is 15.6. The number of carbonyl (C=O) groups is 1. The number of methoxy groups -OCH3 is 1. The molecule has 7 nitrogen and oxygen atoms in total. The van der Waals surface area contributed by atoms with Crippen molar-refractivity contribution in [3.05, 3.63) is 79.3 Å². The van der Waals surface area contributed by atoms with E-state index in [1.807, 2.05) is 24.3 Å². The second-order valence-corrected chi connectivity index (χ2v) is 8.82. The summed E-state index contributed by atoms with van der Waals surface area (Å²) in [5, 5.41) is 9.79. The van der Waals surface area contributed by atoms with Gasteiger partial charge in [0.25, 0.3) is 0 Å². The summed E-state index contributed by atoms with van der Waals surface area (Å²) >= 11 is 6.98. The molecular weight excluding hydrogens is 556 g/mol. The molecule has 0 fully saturated rings. The zero-order valence-corrected chi connectivity index (χ0v) is 21.4. The first kappa shape index (κ1) is 24.7. The molecule has 2 N–H and O–H groups in total. The van der Waals surface area contributed by atoms with E-state index in [2.05, 4.69) is 37.9 Å². The van der Waals surface area contributed by atoms with Gasteiger partial charge < -0.3 is 24.7 Å². The third kappa shape index (κ3) is 5.34. The third-order valence-electron chi connectivity index (χ3n) is 5.00. The van der Waals surface area contributed by atoms with Crippen molar-refractivity contribution in [3.63, 3.8) is 0 Å². The maximum absolute atomic E-state index is 12.8. The Morgan fingerprint density at radius 2 is 1.91 bits per heavy atom. The van der Waals surface area contributed by atoms with Gasteiger partial charge in [0.15, 0.2) is 11.5 Å². The van der Waals surface area contributed by atoms with E-state index in [-0.39, 0.29) is 29.4 Å². The van der Waals surface area contributed by atoms with Crippen LogP contribution in [0, 0.1) is 11.3 Å². The van der Waals surface area contributed by atoms with Crippen molar-refractivity contribution in [2.75, 3.05) is 13.7 Å². The molecule has 0 radical (unpaired) electrons. The summed E-state index contributed by atoms with van der Waals surface area (Å²) in [7, 11) is 1.52. The van der Waals surface area contributed by atoms with Gasteiger partial charge >= 0.3 is 5.97 Å². The number of hydrogen-bond acceptors (Lipinski definition) is 7. The van der Waals surface area contributed by atoms with E-state index >= 15 is 0 Å². The van der Waals surface area contributed by atoms with Gasteiger partial charge in [-0.25, -0.2) is 4.79 Å². The summed E-state index contributed by atoms with van der Waals surface area (Å²) in [5.41, 5.74) is 7.87. The van der Waals surface area contributed by atoms with Crippen LogP contribution in [0.25, 0.3) is 0 Å². The first-order valence-corrected chi connectivity index (χ1v) is 11.6. The van der Waals surface area contributed by atoms with Crippen molar-refractivity contribution in [1.82, 2.24) is 0 Å². The molecular formula is C24H22Br2N2O5. The lowest BCUT2D eigenvalue weighted by Gasteiger charge is -2.28. The van der Waals surface area contributed by atoms with Crippen LogP contribution < -0.4 is 15.2 Å². The van der Waals surface area contributed by atoms with E-state index in [9.17, 15) is 10.1 Å². The van der Waals surface area contributed by atoms with Crippen molar-refractivity contribution < 1.29 is 23.7 Å². The number of ether oxygens (including phenoxy) is 4. The average molecular weight is 578 g/mol. The molecule has 0 amide bonds. The van der Waals surface area contributed by atoms with Crippen molar-refractivity contribution in [2.24, 2.45) is 5.73 Å². The van der Waals surface area contributed by atoms with E-state index in [4.69, 9.17) is 24.7 Å². The Balaban J connectivity index is 2.04. The minimum Gasteiger partial charge on any atom is -0.493 e.